The number of unbranched alkanes of at least 4 members (excludes halogenated alkanes) is 1. The van der Waals surface area contributed by atoms with Crippen LogP contribution < -0.4 is 0 Å². The second kappa shape index (κ2) is 14.4. The molecule has 1 heterocycles. The Labute approximate surface area is 157 Å². The summed E-state index contributed by atoms with van der Waals surface area (Å²) in [6.07, 6.45) is 10.9. The summed E-state index contributed by atoms with van der Waals surface area (Å²) in [4.78, 5) is 12.4. The third-order valence-corrected chi connectivity index (χ3v) is 5.51. The Kier molecular flexibility index (Phi) is 14.0. The van der Waals surface area contributed by atoms with Crippen molar-refractivity contribution >= 4 is 27.2 Å². The predicted octanol–water partition coefficient (Wildman–Crippen LogP) is 5.53. The predicted molar refractivity (Wildman–Crippen MR) is 107 cm³/mol. The van der Waals surface area contributed by atoms with Crippen molar-refractivity contribution in [1.82, 2.24) is 0 Å². The molecule has 0 amide bonds. The van der Waals surface area contributed by atoms with Crippen LogP contribution in [0.25, 0.3) is 0 Å². The largest absolute Gasteiger partial charge is 0.299 e. The monoisotopic (exact) mass is 390 g/mol. The van der Waals surface area contributed by atoms with E-state index < -0.39 is 10.1 Å². The van der Waals surface area contributed by atoms with Gasteiger partial charge in [0, 0.05) is 17.2 Å². The first-order chi connectivity index (χ1) is 11.8. The van der Waals surface area contributed by atoms with E-state index in [0.29, 0.717) is 18.6 Å². The van der Waals surface area contributed by atoms with Crippen molar-refractivity contribution in [2.75, 3.05) is 5.75 Å². The van der Waals surface area contributed by atoms with Gasteiger partial charge in [-0.05, 0) is 17.9 Å². The molecule has 25 heavy (non-hydrogen) atoms. The summed E-state index contributed by atoms with van der Waals surface area (Å²) in [5, 5.41) is 2.00. The van der Waals surface area contributed by atoms with Crippen LogP contribution in [-0.4, -0.2) is 24.5 Å². The fraction of sp³-hybridized carbons (Fsp3) is 0.737. The van der Waals surface area contributed by atoms with Crippen molar-refractivity contribution in [3.8, 4) is 0 Å². The normalized spacial score (nSPS) is 14.1. The topological polar surface area (TPSA) is 71.4 Å². The van der Waals surface area contributed by atoms with E-state index in [1.165, 1.54) is 43.4 Å². The Bertz CT molecular complexity index is 518. The number of thiophene rings is 1. The number of hydrogen-bond donors (Lipinski definition) is 1. The molecule has 0 atom stereocenters. The Hall–Kier alpha value is -0.720. The lowest BCUT2D eigenvalue weighted by molar-refractivity contribution is -0.121. The molecule has 1 aliphatic carbocycles. The average molecular weight is 391 g/mol. The van der Waals surface area contributed by atoms with E-state index in [-0.39, 0.29) is 11.7 Å². The van der Waals surface area contributed by atoms with E-state index in [1.54, 1.807) is 11.3 Å². The van der Waals surface area contributed by atoms with Crippen LogP contribution in [0.15, 0.2) is 17.5 Å². The van der Waals surface area contributed by atoms with E-state index in [1.807, 2.05) is 38.3 Å². The highest BCUT2D eigenvalue weighted by Gasteiger charge is 2.07. The van der Waals surface area contributed by atoms with Gasteiger partial charge in [-0.15, -0.1) is 11.3 Å². The zero-order valence-electron chi connectivity index (χ0n) is 15.9. The minimum atomic E-state index is -3.69. The molecule has 0 bridgehead atoms. The summed E-state index contributed by atoms with van der Waals surface area (Å²) in [7, 11) is -3.69. The minimum absolute atomic E-state index is 0.108. The number of rotatable bonds is 6. The smallest absolute Gasteiger partial charge is 0.264 e. The third kappa shape index (κ3) is 16.5. The number of hydrogen-bond acceptors (Lipinski definition) is 4. The second-order valence-corrected chi connectivity index (χ2v) is 9.24. The maximum Gasteiger partial charge on any atom is 0.264 e. The molecule has 0 aromatic carbocycles. The minimum Gasteiger partial charge on any atom is -0.299 e. The van der Waals surface area contributed by atoms with Crippen LogP contribution >= 0.6 is 11.3 Å². The lowest BCUT2D eigenvalue weighted by Crippen LogP contribution is -2.08. The van der Waals surface area contributed by atoms with Crippen LogP contribution in [-0.2, 0) is 21.3 Å². The lowest BCUT2D eigenvalue weighted by Gasteiger charge is -2.05. The fourth-order valence-electron chi connectivity index (χ4n) is 2.18. The first-order valence-electron chi connectivity index (χ1n) is 9.26. The molecule has 1 saturated carbocycles. The summed E-state index contributed by atoms with van der Waals surface area (Å²) in [5.41, 5.74) is 0. The highest BCUT2D eigenvalue weighted by molar-refractivity contribution is 7.85. The van der Waals surface area contributed by atoms with E-state index >= 15 is 0 Å². The molecular formula is C19H34O4S2. The van der Waals surface area contributed by atoms with Crippen LogP contribution in [0.1, 0.15) is 77.0 Å². The van der Waals surface area contributed by atoms with Crippen LogP contribution in [0.3, 0.4) is 0 Å². The first-order valence-corrected chi connectivity index (χ1v) is 11.8. The van der Waals surface area contributed by atoms with E-state index in [4.69, 9.17) is 4.55 Å². The van der Waals surface area contributed by atoms with Crippen molar-refractivity contribution in [2.45, 2.75) is 78.6 Å². The molecule has 6 heteroatoms. The van der Waals surface area contributed by atoms with Gasteiger partial charge in [0.2, 0.25) is 0 Å². The number of carbonyl (C=O) groups is 1. The van der Waals surface area contributed by atoms with Gasteiger partial charge in [-0.25, -0.2) is 0 Å². The molecule has 1 aromatic rings. The van der Waals surface area contributed by atoms with Gasteiger partial charge in [-0.3, -0.25) is 9.35 Å². The van der Waals surface area contributed by atoms with Gasteiger partial charge in [-0.2, -0.15) is 8.42 Å². The number of Topliss-reactive ketones (excluding diaryl/α,β-unsaturated/α-hetero) is 1. The molecule has 0 saturated heterocycles. The molecule has 1 fully saturated rings. The standard InChI is InChI=1S/C9H12OS.C6H12.C4H10O3S/c1-7(2)9(10)6-8-4-3-5-11-8;1-2-4-6-5-3-1;1-2-3-4-8(5,6)7/h3-5,7H,6H2,1-2H3;1-6H2;2-4H2,1H3,(H,5,6,7). The maximum atomic E-state index is 11.2. The summed E-state index contributed by atoms with van der Waals surface area (Å²) in [6.45, 7) is 5.75. The van der Waals surface area contributed by atoms with Crippen molar-refractivity contribution in [2.24, 2.45) is 5.92 Å². The molecule has 146 valence electrons. The summed E-state index contributed by atoms with van der Waals surface area (Å²) >= 11 is 1.65. The lowest BCUT2D eigenvalue weighted by atomic mass is 10.0. The molecule has 1 N–H and O–H groups in total. The SMILES string of the molecule is C1CCCCC1.CC(C)C(=O)Cc1cccs1.CCCCS(=O)(=O)O. The molecule has 4 nitrogen and oxygen atoms in total. The summed E-state index contributed by atoms with van der Waals surface area (Å²) < 4.78 is 28.0. The molecule has 0 radical (unpaired) electrons. The zero-order valence-corrected chi connectivity index (χ0v) is 17.5. The Morgan fingerprint density at radius 3 is 1.96 bits per heavy atom. The van der Waals surface area contributed by atoms with Gasteiger partial charge in [0.25, 0.3) is 10.1 Å². The fourth-order valence-corrected chi connectivity index (χ4v) is 3.54. The van der Waals surface area contributed by atoms with E-state index in [2.05, 4.69) is 0 Å². The molecule has 1 aromatic heterocycles. The quantitative estimate of drug-likeness (QED) is 0.648. The highest BCUT2D eigenvalue weighted by Crippen LogP contribution is 2.15. The molecule has 1 aliphatic rings. The molecule has 2 rings (SSSR count). The van der Waals surface area contributed by atoms with Crippen LogP contribution in [0.2, 0.25) is 0 Å². The van der Waals surface area contributed by atoms with E-state index in [0.717, 1.165) is 6.42 Å². The van der Waals surface area contributed by atoms with Crippen molar-refractivity contribution in [3.05, 3.63) is 22.4 Å². The zero-order chi connectivity index (χ0) is 19.1. The van der Waals surface area contributed by atoms with Crippen molar-refractivity contribution in [1.29, 1.82) is 0 Å². The first kappa shape index (κ1) is 24.3. The van der Waals surface area contributed by atoms with Crippen LogP contribution in [0.5, 0.6) is 0 Å². The van der Waals surface area contributed by atoms with Gasteiger partial charge in [0.05, 0.1) is 5.75 Å². The molecular weight excluding hydrogens is 356 g/mol. The third-order valence-electron chi connectivity index (χ3n) is 3.83. The Morgan fingerprint density at radius 2 is 1.68 bits per heavy atom. The van der Waals surface area contributed by atoms with Gasteiger partial charge in [0.1, 0.15) is 5.78 Å². The number of carbonyl (C=O) groups excluding carboxylic acids is 1. The van der Waals surface area contributed by atoms with Crippen LogP contribution in [0, 0.1) is 5.92 Å². The Balaban J connectivity index is 0.000000363. The van der Waals surface area contributed by atoms with Gasteiger partial charge in [0.15, 0.2) is 0 Å². The van der Waals surface area contributed by atoms with Gasteiger partial charge < -0.3 is 0 Å². The molecule has 0 aliphatic heterocycles. The van der Waals surface area contributed by atoms with Crippen molar-refractivity contribution < 1.29 is 17.8 Å². The van der Waals surface area contributed by atoms with Crippen LogP contribution in [0.4, 0.5) is 0 Å². The molecule has 0 unspecified atom stereocenters. The van der Waals surface area contributed by atoms with Crippen molar-refractivity contribution in [3.63, 3.8) is 0 Å². The van der Waals surface area contributed by atoms with Gasteiger partial charge >= 0.3 is 0 Å². The highest BCUT2D eigenvalue weighted by atomic mass is 32.2. The molecule has 0 spiro atoms. The van der Waals surface area contributed by atoms with E-state index in [9.17, 15) is 13.2 Å². The average Bonchev–Trinajstić information content (AvgIpc) is 3.08. The number of ketones is 1. The maximum absolute atomic E-state index is 11.2. The summed E-state index contributed by atoms with van der Waals surface area (Å²) in [6, 6.07) is 3.98. The second-order valence-electron chi connectivity index (χ2n) is 6.64. The summed E-state index contributed by atoms with van der Waals surface area (Å²) in [5.74, 6) is 0.383. The van der Waals surface area contributed by atoms with Gasteiger partial charge in [-0.1, -0.05) is 71.8 Å². The Morgan fingerprint density at radius 1 is 1.16 bits per heavy atom.